The molecular formula is C19H25N3O5. The monoisotopic (exact) mass is 375 g/mol. The Balaban J connectivity index is 1.76. The Kier molecular flexibility index (Phi) is 5.10. The molecule has 8 nitrogen and oxygen atoms in total. The lowest BCUT2D eigenvalue weighted by Gasteiger charge is -2.30. The van der Waals surface area contributed by atoms with Crippen LogP contribution in [0, 0.1) is 6.92 Å². The molecule has 2 N–H and O–H groups in total. The number of methoxy groups -OCH3 is 1. The van der Waals surface area contributed by atoms with E-state index in [0.717, 1.165) is 10.5 Å². The third-order valence-electron chi connectivity index (χ3n) is 5.36. The van der Waals surface area contributed by atoms with Crippen molar-refractivity contribution < 1.29 is 24.2 Å². The van der Waals surface area contributed by atoms with Crippen molar-refractivity contribution in [2.75, 3.05) is 26.7 Å². The van der Waals surface area contributed by atoms with E-state index in [-0.39, 0.29) is 12.5 Å². The molecule has 27 heavy (non-hydrogen) atoms. The summed E-state index contributed by atoms with van der Waals surface area (Å²) < 4.78 is 5.24. The van der Waals surface area contributed by atoms with E-state index in [1.54, 1.807) is 37.1 Å². The molecule has 1 aromatic carbocycles. The molecule has 0 radical (unpaired) electrons. The average Bonchev–Trinajstić information content (AvgIpc) is 2.86. The number of piperidine rings is 1. The number of aliphatic hydroxyl groups excluding tert-OH is 1. The minimum atomic E-state index is -1.23. The van der Waals surface area contributed by atoms with Crippen molar-refractivity contribution >= 4 is 17.8 Å². The van der Waals surface area contributed by atoms with Gasteiger partial charge in [0.15, 0.2) is 0 Å². The molecule has 2 aliphatic rings. The van der Waals surface area contributed by atoms with Crippen LogP contribution >= 0.6 is 0 Å². The molecule has 0 bridgehead atoms. The van der Waals surface area contributed by atoms with E-state index in [1.165, 1.54) is 0 Å². The fourth-order valence-electron chi connectivity index (χ4n) is 3.58. The molecule has 0 aliphatic carbocycles. The van der Waals surface area contributed by atoms with Gasteiger partial charge in [-0.05, 0) is 49.9 Å². The highest BCUT2D eigenvalue weighted by molar-refractivity contribution is 6.09. The van der Waals surface area contributed by atoms with E-state index in [1.807, 2.05) is 6.92 Å². The van der Waals surface area contributed by atoms with Crippen molar-refractivity contribution in [2.24, 2.45) is 0 Å². The summed E-state index contributed by atoms with van der Waals surface area (Å²) in [4.78, 5) is 40.4. The number of benzene rings is 1. The summed E-state index contributed by atoms with van der Waals surface area (Å²) >= 11 is 0. The summed E-state index contributed by atoms with van der Waals surface area (Å²) in [5.74, 6) is -0.0542. The number of likely N-dealkylation sites (tertiary alicyclic amines) is 1. The number of hydrogen-bond donors (Lipinski definition) is 2. The summed E-state index contributed by atoms with van der Waals surface area (Å²) in [6, 6.07) is 4.71. The van der Waals surface area contributed by atoms with Crippen LogP contribution in [0.5, 0.6) is 5.75 Å². The Bertz CT molecular complexity index is 773. The van der Waals surface area contributed by atoms with E-state index >= 15 is 0 Å². The number of imide groups is 1. The molecule has 0 spiro atoms. The number of urea groups is 1. The maximum Gasteiger partial charge on any atom is 0.325 e. The van der Waals surface area contributed by atoms with Crippen LogP contribution < -0.4 is 10.1 Å². The first-order valence-corrected chi connectivity index (χ1v) is 9.01. The summed E-state index contributed by atoms with van der Waals surface area (Å²) in [5, 5.41) is 12.3. The smallest absolute Gasteiger partial charge is 0.325 e. The molecule has 0 aromatic heterocycles. The second-order valence-electron chi connectivity index (χ2n) is 7.24. The molecule has 1 unspecified atom stereocenters. The SMILES string of the molecule is COc1ccc(C2(C)NC(=O)N(CC(=O)N3CCC(O)CC3)C2=O)cc1C. The zero-order chi connectivity index (χ0) is 19.8. The van der Waals surface area contributed by atoms with Crippen LogP contribution in [0.3, 0.4) is 0 Å². The zero-order valence-corrected chi connectivity index (χ0v) is 15.8. The van der Waals surface area contributed by atoms with Gasteiger partial charge in [0, 0.05) is 13.1 Å². The number of nitrogens with one attached hydrogen (secondary N) is 1. The minimum absolute atomic E-state index is 0.291. The first kappa shape index (κ1) is 19.2. The second-order valence-corrected chi connectivity index (χ2v) is 7.24. The number of carbonyl (C=O) groups is 3. The molecule has 146 valence electrons. The fourth-order valence-corrected chi connectivity index (χ4v) is 3.58. The van der Waals surface area contributed by atoms with Gasteiger partial charge < -0.3 is 20.1 Å². The third kappa shape index (κ3) is 3.49. The number of rotatable bonds is 4. The summed E-state index contributed by atoms with van der Waals surface area (Å²) in [6.07, 6.45) is 0.621. The molecule has 2 fully saturated rings. The van der Waals surface area contributed by atoms with Gasteiger partial charge in [-0.1, -0.05) is 6.07 Å². The lowest BCUT2D eigenvalue weighted by Crippen LogP contribution is -2.47. The van der Waals surface area contributed by atoms with Crippen LogP contribution in [0.1, 0.15) is 30.9 Å². The zero-order valence-electron chi connectivity index (χ0n) is 15.8. The number of nitrogens with zero attached hydrogens (tertiary/aromatic N) is 2. The van der Waals surface area contributed by atoms with E-state index in [9.17, 15) is 19.5 Å². The lowest BCUT2D eigenvalue weighted by molar-refractivity contribution is -0.140. The molecule has 1 atom stereocenters. The highest BCUT2D eigenvalue weighted by Crippen LogP contribution is 2.31. The van der Waals surface area contributed by atoms with Crippen molar-refractivity contribution in [2.45, 2.75) is 38.3 Å². The maximum absolute atomic E-state index is 13.0. The number of carbonyl (C=O) groups excluding carboxylic acids is 3. The molecule has 0 saturated carbocycles. The van der Waals surface area contributed by atoms with Crippen molar-refractivity contribution in [3.05, 3.63) is 29.3 Å². The third-order valence-corrected chi connectivity index (χ3v) is 5.36. The van der Waals surface area contributed by atoms with Gasteiger partial charge in [-0.25, -0.2) is 4.79 Å². The number of amides is 4. The quantitative estimate of drug-likeness (QED) is 0.757. The van der Waals surface area contributed by atoms with Gasteiger partial charge in [-0.2, -0.15) is 0 Å². The predicted molar refractivity (Wildman–Crippen MR) is 97.1 cm³/mol. The molecule has 3 rings (SSSR count). The van der Waals surface area contributed by atoms with Gasteiger partial charge in [0.05, 0.1) is 13.2 Å². The Morgan fingerprint density at radius 3 is 2.59 bits per heavy atom. The summed E-state index contributed by atoms with van der Waals surface area (Å²) in [7, 11) is 1.57. The first-order chi connectivity index (χ1) is 12.8. The fraction of sp³-hybridized carbons (Fsp3) is 0.526. The van der Waals surface area contributed by atoms with Crippen molar-refractivity contribution in [1.29, 1.82) is 0 Å². The number of ether oxygens (including phenoxy) is 1. The molecule has 1 aromatic rings. The van der Waals surface area contributed by atoms with Crippen molar-refractivity contribution in [3.63, 3.8) is 0 Å². The van der Waals surface area contributed by atoms with Gasteiger partial charge in [-0.3, -0.25) is 14.5 Å². The van der Waals surface area contributed by atoms with E-state index in [2.05, 4.69) is 5.32 Å². The van der Waals surface area contributed by atoms with Gasteiger partial charge in [0.25, 0.3) is 5.91 Å². The number of aryl methyl sites for hydroxylation is 1. The Morgan fingerprint density at radius 1 is 1.33 bits per heavy atom. The Morgan fingerprint density at radius 2 is 2.00 bits per heavy atom. The first-order valence-electron chi connectivity index (χ1n) is 9.01. The topological polar surface area (TPSA) is 99.2 Å². The maximum atomic E-state index is 13.0. The summed E-state index contributed by atoms with van der Waals surface area (Å²) in [6.45, 7) is 4.05. The Labute approximate surface area is 158 Å². The van der Waals surface area contributed by atoms with E-state index in [0.29, 0.717) is 37.2 Å². The van der Waals surface area contributed by atoms with E-state index in [4.69, 9.17) is 4.74 Å². The van der Waals surface area contributed by atoms with Gasteiger partial charge in [0.2, 0.25) is 5.91 Å². The van der Waals surface area contributed by atoms with Crippen LogP contribution in [-0.4, -0.2) is 65.6 Å². The molecule has 2 aliphatic heterocycles. The van der Waals surface area contributed by atoms with Crippen LogP contribution in [0.2, 0.25) is 0 Å². The lowest BCUT2D eigenvalue weighted by atomic mass is 9.90. The van der Waals surface area contributed by atoms with Crippen LogP contribution in [0.25, 0.3) is 0 Å². The molecule has 4 amide bonds. The number of aliphatic hydroxyl groups is 1. The standard InChI is InChI=1S/C19H25N3O5/c1-12-10-13(4-5-15(12)27-3)19(2)17(25)22(18(26)20-19)11-16(24)21-8-6-14(23)7-9-21/h4-5,10,14,23H,6-9,11H2,1-3H3,(H,20,26). The highest BCUT2D eigenvalue weighted by atomic mass is 16.5. The normalized spacial score (nSPS) is 23.6. The highest BCUT2D eigenvalue weighted by Gasteiger charge is 2.49. The number of hydrogen-bond acceptors (Lipinski definition) is 5. The molecule has 8 heteroatoms. The predicted octanol–water partition coefficient (Wildman–Crippen LogP) is 0.754. The van der Waals surface area contributed by atoms with Crippen LogP contribution in [0.15, 0.2) is 18.2 Å². The largest absolute Gasteiger partial charge is 0.496 e. The summed E-state index contributed by atoms with van der Waals surface area (Å²) in [5.41, 5.74) is 0.252. The minimum Gasteiger partial charge on any atom is -0.496 e. The van der Waals surface area contributed by atoms with E-state index < -0.39 is 23.6 Å². The van der Waals surface area contributed by atoms with Crippen LogP contribution in [0.4, 0.5) is 4.79 Å². The average molecular weight is 375 g/mol. The molecule has 2 heterocycles. The van der Waals surface area contributed by atoms with Crippen molar-refractivity contribution in [3.8, 4) is 5.75 Å². The van der Waals surface area contributed by atoms with Gasteiger partial charge >= 0.3 is 6.03 Å². The van der Waals surface area contributed by atoms with Crippen molar-refractivity contribution in [1.82, 2.24) is 15.1 Å². The molecular weight excluding hydrogens is 350 g/mol. The Hall–Kier alpha value is -2.61. The van der Waals surface area contributed by atoms with Gasteiger partial charge in [0.1, 0.15) is 17.8 Å². The second kappa shape index (κ2) is 7.19. The van der Waals surface area contributed by atoms with Gasteiger partial charge in [-0.15, -0.1) is 0 Å². The molecule has 2 saturated heterocycles. The van der Waals surface area contributed by atoms with Crippen LogP contribution in [-0.2, 0) is 15.1 Å².